The minimum Gasteiger partial charge on any atom is -0.201 e. The largest absolute Gasteiger partial charge is 0.212 e. The first-order chi connectivity index (χ1) is 9.34. The standard InChI is InChI=1S/C18H16N/c1-19-13-12-17(15-8-4-2-5-9-15)14-18(19)16-10-6-3-7-11-16/h2-14H,1H3/q+1. The molecule has 1 nitrogen and oxygen atoms in total. The summed E-state index contributed by atoms with van der Waals surface area (Å²) in [5.41, 5.74) is 4.96. The summed E-state index contributed by atoms with van der Waals surface area (Å²) in [4.78, 5) is 0. The van der Waals surface area contributed by atoms with Crippen molar-refractivity contribution in [3.8, 4) is 22.4 Å². The van der Waals surface area contributed by atoms with Gasteiger partial charge >= 0.3 is 0 Å². The topological polar surface area (TPSA) is 3.88 Å². The van der Waals surface area contributed by atoms with Gasteiger partial charge in [0.15, 0.2) is 6.20 Å². The van der Waals surface area contributed by atoms with Gasteiger partial charge in [0.1, 0.15) is 7.05 Å². The van der Waals surface area contributed by atoms with Crippen LogP contribution >= 0.6 is 0 Å². The quantitative estimate of drug-likeness (QED) is 0.605. The second kappa shape index (κ2) is 5.07. The highest BCUT2D eigenvalue weighted by molar-refractivity contribution is 5.68. The van der Waals surface area contributed by atoms with Gasteiger partial charge in [-0.1, -0.05) is 48.5 Å². The van der Waals surface area contributed by atoms with Crippen molar-refractivity contribution in [1.82, 2.24) is 0 Å². The molecule has 0 atom stereocenters. The lowest BCUT2D eigenvalue weighted by Crippen LogP contribution is -2.30. The van der Waals surface area contributed by atoms with Gasteiger partial charge in [0.2, 0.25) is 5.69 Å². The Hall–Kier alpha value is -2.41. The van der Waals surface area contributed by atoms with E-state index < -0.39 is 0 Å². The van der Waals surface area contributed by atoms with E-state index in [0.717, 1.165) is 0 Å². The van der Waals surface area contributed by atoms with E-state index in [0.29, 0.717) is 0 Å². The van der Waals surface area contributed by atoms with E-state index in [9.17, 15) is 0 Å². The third kappa shape index (κ3) is 2.41. The highest BCUT2D eigenvalue weighted by Crippen LogP contribution is 2.22. The maximum Gasteiger partial charge on any atom is 0.212 e. The number of nitrogens with zero attached hydrogens (tertiary/aromatic N) is 1. The first-order valence-electron chi connectivity index (χ1n) is 6.45. The normalized spacial score (nSPS) is 10.4. The summed E-state index contributed by atoms with van der Waals surface area (Å²) < 4.78 is 2.15. The Morgan fingerprint density at radius 2 is 1.21 bits per heavy atom. The molecule has 0 unspecified atom stereocenters. The zero-order valence-corrected chi connectivity index (χ0v) is 11.0. The van der Waals surface area contributed by atoms with Crippen molar-refractivity contribution in [2.24, 2.45) is 7.05 Å². The summed E-state index contributed by atoms with van der Waals surface area (Å²) in [7, 11) is 2.08. The van der Waals surface area contributed by atoms with Crippen molar-refractivity contribution in [2.45, 2.75) is 0 Å². The molecule has 0 amide bonds. The van der Waals surface area contributed by atoms with E-state index >= 15 is 0 Å². The van der Waals surface area contributed by atoms with E-state index in [1.807, 2.05) is 12.1 Å². The van der Waals surface area contributed by atoms with Crippen LogP contribution in [0.15, 0.2) is 79.0 Å². The predicted octanol–water partition coefficient (Wildman–Crippen LogP) is 3.85. The molecular weight excluding hydrogens is 230 g/mol. The van der Waals surface area contributed by atoms with Gasteiger partial charge in [0.25, 0.3) is 0 Å². The molecule has 92 valence electrons. The molecule has 0 spiro atoms. The van der Waals surface area contributed by atoms with Gasteiger partial charge in [-0.15, -0.1) is 0 Å². The smallest absolute Gasteiger partial charge is 0.201 e. The lowest BCUT2D eigenvalue weighted by atomic mass is 10.0. The molecule has 0 aliphatic rings. The molecule has 3 aromatic rings. The predicted molar refractivity (Wildman–Crippen MR) is 78.5 cm³/mol. The van der Waals surface area contributed by atoms with Crippen LogP contribution in [0.4, 0.5) is 0 Å². The molecule has 1 heteroatoms. The molecule has 0 bridgehead atoms. The Balaban J connectivity index is 2.12. The van der Waals surface area contributed by atoms with Gasteiger partial charge in [-0.05, 0) is 23.3 Å². The van der Waals surface area contributed by atoms with Crippen LogP contribution in [0.5, 0.6) is 0 Å². The Kier molecular flexibility index (Phi) is 3.11. The third-order valence-corrected chi connectivity index (χ3v) is 3.33. The van der Waals surface area contributed by atoms with Gasteiger partial charge in [-0.25, -0.2) is 4.57 Å². The maximum absolute atomic E-state index is 2.24. The fourth-order valence-corrected chi connectivity index (χ4v) is 2.28. The number of hydrogen-bond donors (Lipinski definition) is 0. The molecule has 0 saturated heterocycles. The molecule has 3 rings (SSSR count). The van der Waals surface area contributed by atoms with Crippen LogP contribution in [0.25, 0.3) is 22.4 Å². The molecular formula is C18H16N+. The van der Waals surface area contributed by atoms with Crippen molar-refractivity contribution < 1.29 is 4.57 Å². The average molecular weight is 246 g/mol. The summed E-state index contributed by atoms with van der Waals surface area (Å²) in [6.45, 7) is 0. The number of benzene rings is 2. The van der Waals surface area contributed by atoms with Crippen LogP contribution in [0.2, 0.25) is 0 Å². The highest BCUT2D eigenvalue weighted by atomic mass is 14.9. The Morgan fingerprint density at radius 3 is 1.84 bits per heavy atom. The van der Waals surface area contributed by atoms with Crippen molar-refractivity contribution in [3.63, 3.8) is 0 Å². The van der Waals surface area contributed by atoms with Gasteiger partial charge in [-0.3, -0.25) is 0 Å². The number of pyridine rings is 1. The Morgan fingerprint density at radius 1 is 0.632 bits per heavy atom. The Bertz CT molecular complexity index is 673. The van der Waals surface area contributed by atoms with Crippen LogP contribution in [0.1, 0.15) is 0 Å². The number of aryl methyl sites for hydroxylation is 1. The molecule has 19 heavy (non-hydrogen) atoms. The molecule has 2 aromatic carbocycles. The lowest BCUT2D eigenvalue weighted by molar-refractivity contribution is -0.660. The van der Waals surface area contributed by atoms with Crippen molar-refractivity contribution in [1.29, 1.82) is 0 Å². The monoisotopic (exact) mass is 246 g/mol. The van der Waals surface area contributed by atoms with Crippen LogP contribution in [0, 0.1) is 0 Å². The van der Waals surface area contributed by atoms with E-state index in [-0.39, 0.29) is 0 Å². The second-order valence-electron chi connectivity index (χ2n) is 4.64. The molecule has 1 aromatic heterocycles. The van der Waals surface area contributed by atoms with Gasteiger partial charge in [0.05, 0.1) is 0 Å². The first kappa shape index (κ1) is 11.7. The van der Waals surface area contributed by atoms with Crippen LogP contribution in [-0.4, -0.2) is 0 Å². The summed E-state index contributed by atoms with van der Waals surface area (Å²) >= 11 is 0. The zero-order valence-electron chi connectivity index (χ0n) is 11.0. The SMILES string of the molecule is C[n+]1ccc(-c2ccccc2)cc1-c1ccccc1. The number of hydrogen-bond acceptors (Lipinski definition) is 0. The fourth-order valence-electron chi connectivity index (χ4n) is 2.28. The molecule has 0 radical (unpaired) electrons. The molecule has 1 heterocycles. The number of aromatic nitrogens is 1. The van der Waals surface area contributed by atoms with E-state index in [2.05, 4.69) is 78.5 Å². The third-order valence-electron chi connectivity index (χ3n) is 3.33. The van der Waals surface area contributed by atoms with Gasteiger partial charge in [-0.2, -0.15) is 0 Å². The fraction of sp³-hybridized carbons (Fsp3) is 0.0556. The minimum absolute atomic E-state index is 1.22. The first-order valence-corrected chi connectivity index (χ1v) is 6.45. The summed E-state index contributed by atoms with van der Waals surface area (Å²) in [5.74, 6) is 0. The van der Waals surface area contributed by atoms with Crippen LogP contribution in [-0.2, 0) is 7.05 Å². The van der Waals surface area contributed by atoms with Crippen molar-refractivity contribution >= 4 is 0 Å². The van der Waals surface area contributed by atoms with Crippen molar-refractivity contribution in [2.75, 3.05) is 0 Å². The molecule has 0 fully saturated rings. The van der Waals surface area contributed by atoms with Crippen molar-refractivity contribution in [3.05, 3.63) is 79.0 Å². The maximum atomic E-state index is 2.24. The van der Waals surface area contributed by atoms with Gasteiger partial charge < -0.3 is 0 Å². The Labute approximate surface area is 113 Å². The van der Waals surface area contributed by atoms with Crippen LogP contribution < -0.4 is 4.57 Å². The van der Waals surface area contributed by atoms with E-state index in [1.165, 1.54) is 22.4 Å². The average Bonchev–Trinajstić information content (AvgIpc) is 2.49. The summed E-state index contributed by atoms with van der Waals surface area (Å²) in [6, 6.07) is 25.4. The highest BCUT2D eigenvalue weighted by Gasteiger charge is 2.10. The summed E-state index contributed by atoms with van der Waals surface area (Å²) in [6.07, 6.45) is 2.12. The van der Waals surface area contributed by atoms with E-state index in [1.54, 1.807) is 0 Å². The molecule has 0 saturated carbocycles. The zero-order chi connectivity index (χ0) is 13.1. The lowest BCUT2D eigenvalue weighted by Gasteiger charge is -2.04. The molecule has 0 aliphatic carbocycles. The van der Waals surface area contributed by atoms with Gasteiger partial charge in [0, 0.05) is 17.7 Å². The van der Waals surface area contributed by atoms with E-state index in [4.69, 9.17) is 0 Å². The second-order valence-corrected chi connectivity index (χ2v) is 4.64. The number of rotatable bonds is 2. The molecule has 0 N–H and O–H groups in total. The summed E-state index contributed by atoms with van der Waals surface area (Å²) in [5, 5.41) is 0. The van der Waals surface area contributed by atoms with Crippen LogP contribution in [0.3, 0.4) is 0 Å². The minimum atomic E-state index is 1.22. The molecule has 0 aliphatic heterocycles.